The van der Waals surface area contributed by atoms with Gasteiger partial charge in [-0.3, -0.25) is 15.8 Å². The van der Waals surface area contributed by atoms with Crippen molar-refractivity contribution in [1.29, 1.82) is 0 Å². The van der Waals surface area contributed by atoms with Crippen LogP contribution in [0.3, 0.4) is 0 Å². The van der Waals surface area contributed by atoms with Crippen LogP contribution in [0.15, 0.2) is 77.1 Å². The lowest BCUT2D eigenvalue weighted by Gasteiger charge is -2.28. The van der Waals surface area contributed by atoms with Crippen LogP contribution in [0.4, 0.5) is 0 Å². The lowest BCUT2D eigenvalue weighted by atomic mass is 10.0. The first-order valence-corrected chi connectivity index (χ1v) is 13.6. The SMILES string of the molecule is Cc1cc(C2=CSC(=NC3CC[NH+](Cc4ccccc4)CC3)NN2)c(C)n1CCc1ccccc1. The summed E-state index contributed by atoms with van der Waals surface area (Å²) in [5, 5.41) is 3.18. The highest BCUT2D eigenvalue weighted by Gasteiger charge is 2.23. The maximum absolute atomic E-state index is 5.02. The molecule has 6 heteroatoms. The molecule has 2 aliphatic heterocycles. The van der Waals surface area contributed by atoms with Crippen molar-refractivity contribution >= 4 is 22.6 Å². The second-order valence-corrected chi connectivity index (χ2v) is 10.5. The second-order valence-electron chi connectivity index (χ2n) is 9.65. The second kappa shape index (κ2) is 11.2. The summed E-state index contributed by atoms with van der Waals surface area (Å²) in [6.07, 6.45) is 3.33. The minimum atomic E-state index is 0.407. The highest BCUT2D eigenvalue weighted by Crippen LogP contribution is 2.26. The third-order valence-electron chi connectivity index (χ3n) is 7.18. The predicted octanol–water partition coefficient (Wildman–Crippen LogP) is 4.09. The molecule has 0 atom stereocenters. The minimum absolute atomic E-state index is 0.407. The van der Waals surface area contributed by atoms with E-state index in [-0.39, 0.29) is 0 Å². The molecule has 0 unspecified atom stereocenters. The van der Waals surface area contributed by atoms with Crippen LogP contribution in [0, 0.1) is 13.8 Å². The first-order chi connectivity index (χ1) is 17.2. The van der Waals surface area contributed by atoms with Crippen molar-refractivity contribution in [3.8, 4) is 0 Å². The lowest BCUT2D eigenvalue weighted by molar-refractivity contribution is -0.918. The number of piperidine rings is 1. The molecule has 182 valence electrons. The average Bonchev–Trinajstić information content (AvgIpc) is 3.18. The standard InChI is InChI=1S/C29H35N5S/c1-22-19-27(23(2)34(22)18-13-24-9-5-3-6-10-24)28-21-35-29(32-31-28)30-26-14-16-33(17-15-26)20-25-11-7-4-8-12-25/h3-12,19,21,26,31H,13-18,20H2,1-2H3,(H,30,32)/p+1. The summed E-state index contributed by atoms with van der Waals surface area (Å²) in [5.41, 5.74) is 14.6. The molecule has 35 heavy (non-hydrogen) atoms. The number of hydrazine groups is 1. The van der Waals surface area contributed by atoms with Gasteiger partial charge in [-0.25, -0.2) is 0 Å². The van der Waals surface area contributed by atoms with Crippen LogP contribution >= 0.6 is 11.8 Å². The number of thioether (sulfide) groups is 1. The number of rotatable bonds is 7. The van der Waals surface area contributed by atoms with Crippen LogP contribution in [0.5, 0.6) is 0 Å². The lowest BCUT2D eigenvalue weighted by Crippen LogP contribution is -3.12. The van der Waals surface area contributed by atoms with Crippen molar-refractivity contribution in [2.75, 3.05) is 13.1 Å². The van der Waals surface area contributed by atoms with Gasteiger partial charge >= 0.3 is 0 Å². The molecule has 3 N–H and O–H groups in total. The first kappa shape index (κ1) is 23.8. The van der Waals surface area contributed by atoms with Gasteiger partial charge in [0.15, 0.2) is 5.17 Å². The van der Waals surface area contributed by atoms with Gasteiger partial charge in [0.2, 0.25) is 0 Å². The third-order valence-corrected chi connectivity index (χ3v) is 7.97. The normalized spacial score (nSPS) is 21.3. The van der Waals surface area contributed by atoms with Gasteiger partial charge in [0, 0.05) is 47.3 Å². The largest absolute Gasteiger partial charge is 0.348 e. The van der Waals surface area contributed by atoms with Gasteiger partial charge < -0.3 is 9.47 Å². The monoisotopic (exact) mass is 486 g/mol. The van der Waals surface area contributed by atoms with E-state index in [4.69, 9.17) is 4.99 Å². The Kier molecular flexibility index (Phi) is 7.60. The third kappa shape index (κ3) is 6.00. The number of aromatic nitrogens is 1. The number of hydrogen-bond acceptors (Lipinski definition) is 3. The highest BCUT2D eigenvalue weighted by molar-refractivity contribution is 8.16. The van der Waals surface area contributed by atoms with E-state index in [1.54, 1.807) is 16.7 Å². The van der Waals surface area contributed by atoms with Gasteiger partial charge in [-0.15, -0.1) is 0 Å². The van der Waals surface area contributed by atoms with E-state index < -0.39 is 0 Å². The fourth-order valence-corrected chi connectivity index (χ4v) is 5.89. The molecule has 0 aliphatic carbocycles. The Labute approximate surface area is 213 Å². The molecule has 0 bridgehead atoms. The number of likely N-dealkylation sites (tertiary alicyclic amines) is 1. The summed E-state index contributed by atoms with van der Waals surface area (Å²) in [4.78, 5) is 6.68. The zero-order valence-corrected chi connectivity index (χ0v) is 21.6. The van der Waals surface area contributed by atoms with E-state index in [0.717, 1.165) is 43.2 Å². The molecule has 1 fully saturated rings. The van der Waals surface area contributed by atoms with Gasteiger partial charge in [0.25, 0.3) is 0 Å². The van der Waals surface area contributed by atoms with Gasteiger partial charge in [0.05, 0.1) is 24.8 Å². The van der Waals surface area contributed by atoms with Gasteiger partial charge in [-0.05, 0) is 31.9 Å². The van der Waals surface area contributed by atoms with Crippen LogP contribution in [0.1, 0.15) is 40.9 Å². The highest BCUT2D eigenvalue weighted by atomic mass is 32.2. The van der Waals surface area contributed by atoms with Crippen LogP contribution < -0.4 is 15.8 Å². The molecule has 3 heterocycles. The molecule has 3 aromatic rings. The smallest absolute Gasteiger partial charge is 0.180 e. The molecule has 2 aliphatic rings. The maximum atomic E-state index is 5.02. The van der Waals surface area contributed by atoms with Crippen molar-refractivity contribution in [2.45, 2.75) is 52.2 Å². The molecular formula is C29H36N5S+. The Balaban J connectivity index is 1.16. The Morgan fingerprint density at radius 2 is 1.63 bits per heavy atom. The number of nitrogens with one attached hydrogen (secondary N) is 3. The molecule has 1 saturated heterocycles. The van der Waals surface area contributed by atoms with E-state index in [2.05, 4.69) is 101 Å². The molecule has 2 aromatic carbocycles. The van der Waals surface area contributed by atoms with Crippen LogP contribution in [-0.2, 0) is 19.5 Å². The van der Waals surface area contributed by atoms with Crippen molar-refractivity contribution in [1.82, 2.24) is 15.4 Å². The Bertz CT molecular complexity index is 1170. The summed E-state index contributed by atoms with van der Waals surface area (Å²) >= 11 is 1.70. The minimum Gasteiger partial charge on any atom is -0.348 e. The number of hydrogen-bond donors (Lipinski definition) is 3. The van der Waals surface area contributed by atoms with Gasteiger partial charge in [-0.2, -0.15) is 0 Å². The Morgan fingerprint density at radius 1 is 0.943 bits per heavy atom. The number of amidine groups is 1. The number of aliphatic imine (C=N–C) groups is 1. The molecule has 0 spiro atoms. The Hall–Kier alpha value is -2.96. The fraction of sp³-hybridized carbons (Fsp3) is 0.345. The van der Waals surface area contributed by atoms with E-state index in [1.807, 2.05) is 0 Å². The number of nitrogens with zero attached hydrogens (tertiary/aromatic N) is 2. The zero-order valence-electron chi connectivity index (χ0n) is 20.8. The van der Waals surface area contributed by atoms with Crippen LogP contribution in [0.25, 0.3) is 5.70 Å². The zero-order chi connectivity index (χ0) is 24.0. The van der Waals surface area contributed by atoms with Crippen LogP contribution in [0.2, 0.25) is 0 Å². The number of aryl methyl sites for hydroxylation is 2. The van der Waals surface area contributed by atoms with Crippen molar-refractivity contribution < 1.29 is 4.90 Å². The van der Waals surface area contributed by atoms with Gasteiger partial charge in [-0.1, -0.05) is 72.4 Å². The summed E-state index contributed by atoms with van der Waals surface area (Å²) in [7, 11) is 0. The van der Waals surface area contributed by atoms with Crippen molar-refractivity contribution in [2.24, 2.45) is 4.99 Å². The summed E-state index contributed by atoms with van der Waals surface area (Å²) in [5.74, 6) is 0. The summed E-state index contributed by atoms with van der Waals surface area (Å²) in [6, 6.07) is 24.2. The quantitative estimate of drug-likeness (QED) is 0.471. The number of quaternary nitrogens is 1. The van der Waals surface area contributed by atoms with Crippen molar-refractivity contribution in [3.63, 3.8) is 0 Å². The summed E-state index contributed by atoms with van der Waals surface area (Å²) < 4.78 is 2.42. The maximum Gasteiger partial charge on any atom is 0.180 e. The molecule has 5 rings (SSSR count). The van der Waals surface area contributed by atoms with E-state index in [9.17, 15) is 0 Å². The topological polar surface area (TPSA) is 45.8 Å². The predicted molar refractivity (Wildman–Crippen MR) is 147 cm³/mol. The van der Waals surface area contributed by atoms with E-state index in [0.29, 0.717) is 6.04 Å². The molecule has 1 aromatic heterocycles. The fourth-order valence-electron chi connectivity index (χ4n) is 5.16. The molecular weight excluding hydrogens is 450 g/mol. The average molecular weight is 487 g/mol. The molecule has 0 radical (unpaired) electrons. The Morgan fingerprint density at radius 3 is 2.29 bits per heavy atom. The van der Waals surface area contributed by atoms with Crippen molar-refractivity contribution in [3.05, 3.63) is 100 Å². The molecule has 0 amide bonds. The molecule has 0 saturated carbocycles. The van der Waals surface area contributed by atoms with E-state index in [1.165, 1.54) is 41.2 Å². The van der Waals surface area contributed by atoms with Gasteiger partial charge in [0.1, 0.15) is 6.54 Å². The first-order valence-electron chi connectivity index (χ1n) is 12.7. The number of benzene rings is 2. The van der Waals surface area contributed by atoms with E-state index >= 15 is 0 Å². The molecule has 5 nitrogen and oxygen atoms in total. The van der Waals surface area contributed by atoms with Crippen LogP contribution in [-0.4, -0.2) is 28.9 Å². The summed E-state index contributed by atoms with van der Waals surface area (Å²) in [6.45, 7) is 8.90.